The molecule has 20 heavy (non-hydrogen) atoms. The number of carbonyl (C=O) groups excluding carboxylic acids is 1. The average molecular weight is 275 g/mol. The molecule has 110 valence electrons. The summed E-state index contributed by atoms with van der Waals surface area (Å²) < 4.78 is 0. The number of likely N-dealkylation sites (tertiary alicyclic amines) is 1. The van der Waals surface area contributed by atoms with Crippen LogP contribution in [0, 0.1) is 12.8 Å². The molecule has 1 atom stereocenters. The SMILES string of the molecule is CCCN1CCC(CNC(=O)Nc2ccc(C)cc2)C1. The second kappa shape index (κ2) is 7.29. The molecule has 0 bridgehead atoms. The monoisotopic (exact) mass is 275 g/mol. The maximum Gasteiger partial charge on any atom is 0.319 e. The van der Waals surface area contributed by atoms with Crippen molar-refractivity contribution in [3.8, 4) is 0 Å². The molecule has 0 aromatic heterocycles. The zero-order valence-corrected chi connectivity index (χ0v) is 12.5. The number of urea groups is 1. The van der Waals surface area contributed by atoms with Gasteiger partial charge in [-0.05, 0) is 50.9 Å². The van der Waals surface area contributed by atoms with Crippen LogP contribution in [0.25, 0.3) is 0 Å². The van der Waals surface area contributed by atoms with E-state index in [1.54, 1.807) is 0 Å². The van der Waals surface area contributed by atoms with Crippen molar-refractivity contribution in [2.24, 2.45) is 5.92 Å². The van der Waals surface area contributed by atoms with Crippen LogP contribution in [0.15, 0.2) is 24.3 Å². The molecule has 2 N–H and O–H groups in total. The van der Waals surface area contributed by atoms with Gasteiger partial charge in [-0.3, -0.25) is 0 Å². The molecule has 0 spiro atoms. The highest BCUT2D eigenvalue weighted by Gasteiger charge is 2.21. The van der Waals surface area contributed by atoms with E-state index in [4.69, 9.17) is 0 Å². The lowest BCUT2D eigenvalue weighted by Gasteiger charge is -2.15. The van der Waals surface area contributed by atoms with Crippen LogP contribution >= 0.6 is 0 Å². The Morgan fingerprint density at radius 2 is 2.10 bits per heavy atom. The minimum absolute atomic E-state index is 0.109. The fourth-order valence-electron chi connectivity index (χ4n) is 2.65. The Hall–Kier alpha value is -1.55. The van der Waals surface area contributed by atoms with Gasteiger partial charge in [0.2, 0.25) is 0 Å². The Labute approximate surface area is 121 Å². The van der Waals surface area contributed by atoms with Gasteiger partial charge in [-0.2, -0.15) is 0 Å². The smallest absolute Gasteiger partial charge is 0.319 e. The summed E-state index contributed by atoms with van der Waals surface area (Å²) in [5.74, 6) is 0.588. The van der Waals surface area contributed by atoms with E-state index in [0.29, 0.717) is 5.92 Å². The summed E-state index contributed by atoms with van der Waals surface area (Å²) in [6.45, 7) is 8.45. The molecule has 1 fully saturated rings. The number of aryl methyl sites for hydroxylation is 1. The highest BCUT2D eigenvalue weighted by Crippen LogP contribution is 2.15. The summed E-state index contributed by atoms with van der Waals surface area (Å²) >= 11 is 0. The number of anilines is 1. The van der Waals surface area contributed by atoms with Crippen molar-refractivity contribution in [3.63, 3.8) is 0 Å². The van der Waals surface area contributed by atoms with Crippen molar-refractivity contribution in [2.75, 3.05) is 31.5 Å². The summed E-state index contributed by atoms with van der Waals surface area (Å²) in [6.07, 6.45) is 2.39. The van der Waals surface area contributed by atoms with Gasteiger partial charge in [0.15, 0.2) is 0 Å². The maximum absolute atomic E-state index is 11.8. The highest BCUT2D eigenvalue weighted by atomic mass is 16.2. The zero-order chi connectivity index (χ0) is 14.4. The fourth-order valence-corrected chi connectivity index (χ4v) is 2.65. The van der Waals surface area contributed by atoms with Gasteiger partial charge in [-0.1, -0.05) is 24.6 Å². The molecule has 4 heteroatoms. The van der Waals surface area contributed by atoms with Gasteiger partial charge in [0.1, 0.15) is 0 Å². The third-order valence-electron chi connectivity index (χ3n) is 3.77. The number of nitrogens with one attached hydrogen (secondary N) is 2. The molecular formula is C16H25N3O. The number of nitrogens with zero attached hydrogens (tertiary/aromatic N) is 1. The number of amides is 2. The molecule has 1 aromatic carbocycles. The lowest BCUT2D eigenvalue weighted by Crippen LogP contribution is -2.34. The molecule has 2 rings (SSSR count). The van der Waals surface area contributed by atoms with Crippen LogP contribution < -0.4 is 10.6 Å². The highest BCUT2D eigenvalue weighted by molar-refractivity contribution is 5.89. The summed E-state index contributed by atoms with van der Waals surface area (Å²) in [5.41, 5.74) is 2.03. The number of hydrogen-bond donors (Lipinski definition) is 2. The van der Waals surface area contributed by atoms with Crippen molar-refractivity contribution < 1.29 is 4.79 Å². The standard InChI is InChI=1S/C16H25N3O/c1-3-9-19-10-8-14(12-19)11-17-16(20)18-15-6-4-13(2)5-7-15/h4-7,14H,3,8-12H2,1-2H3,(H2,17,18,20). The lowest BCUT2D eigenvalue weighted by molar-refractivity contribution is 0.249. The number of hydrogen-bond acceptors (Lipinski definition) is 2. The maximum atomic E-state index is 11.8. The van der Waals surface area contributed by atoms with E-state index < -0.39 is 0 Å². The molecule has 1 heterocycles. The minimum atomic E-state index is -0.109. The van der Waals surface area contributed by atoms with E-state index in [1.807, 2.05) is 31.2 Å². The lowest BCUT2D eigenvalue weighted by atomic mass is 10.1. The van der Waals surface area contributed by atoms with E-state index >= 15 is 0 Å². The van der Waals surface area contributed by atoms with Crippen LogP contribution in [0.5, 0.6) is 0 Å². The van der Waals surface area contributed by atoms with Gasteiger partial charge >= 0.3 is 6.03 Å². The predicted octanol–water partition coefficient (Wildman–Crippen LogP) is 2.85. The van der Waals surface area contributed by atoms with Gasteiger partial charge in [0.05, 0.1) is 0 Å². The van der Waals surface area contributed by atoms with Crippen molar-refractivity contribution in [3.05, 3.63) is 29.8 Å². The molecule has 0 radical (unpaired) electrons. The first kappa shape index (κ1) is 14.9. The van der Waals surface area contributed by atoms with Crippen LogP contribution in [0.4, 0.5) is 10.5 Å². The summed E-state index contributed by atoms with van der Waals surface area (Å²) in [7, 11) is 0. The Kier molecular flexibility index (Phi) is 5.41. The van der Waals surface area contributed by atoms with Gasteiger partial charge < -0.3 is 15.5 Å². The normalized spacial score (nSPS) is 19.0. The van der Waals surface area contributed by atoms with Crippen LogP contribution in [0.3, 0.4) is 0 Å². The van der Waals surface area contributed by atoms with E-state index in [2.05, 4.69) is 22.5 Å². The third-order valence-corrected chi connectivity index (χ3v) is 3.77. The van der Waals surface area contributed by atoms with Gasteiger partial charge in [0, 0.05) is 18.8 Å². The van der Waals surface area contributed by atoms with E-state index in [1.165, 1.54) is 31.5 Å². The van der Waals surface area contributed by atoms with Crippen molar-refractivity contribution in [1.82, 2.24) is 10.2 Å². The second-order valence-corrected chi connectivity index (χ2v) is 5.66. The van der Waals surface area contributed by atoms with Crippen molar-refractivity contribution >= 4 is 11.7 Å². The van der Waals surface area contributed by atoms with E-state index in [9.17, 15) is 4.79 Å². The Balaban J connectivity index is 1.69. The fraction of sp³-hybridized carbons (Fsp3) is 0.562. The largest absolute Gasteiger partial charge is 0.338 e. The Bertz CT molecular complexity index is 430. The first-order valence-electron chi connectivity index (χ1n) is 7.51. The molecule has 1 saturated heterocycles. The van der Waals surface area contributed by atoms with E-state index in [0.717, 1.165) is 18.8 Å². The molecule has 1 aliphatic heterocycles. The van der Waals surface area contributed by atoms with Crippen LogP contribution in [0.1, 0.15) is 25.3 Å². The molecule has 4 nitrogen and oxygen atoms in total. The molecule has 2 amide bonds. The predicted molar refractivity (Wildman–Crippen MR) is 83.0 cm³/mol. The molecule has 1 aliphatic rings. The number of carbonyl (C=O) groups is 1. The van der Waals surface area contributed by atoms with Crippen molar-refractivity contribution in [2.45, 2.75) is 26.7 Å². The average Bonchev–Trinajstić information content (AvgIpc) is 2.87. The topological polar surface area (TPSA) is 44.4 Å². The van der Waals surface area contributed by atoms with E-state index in [-0.39, 0.29) is 6.03 Å². The first-order valence-corrected chi connectivity index (χ1v) is 7.51. The first-order chi connectivity index (χ1) is 9.67. The number of benzene rings is 1. The molecule has 0 saturated carbocycles. The van der Waals surface area contributed by atoms with Crippen LogP contribution in [0.2, 0.25) is 0 Å². The molecule has 0 aliphatic carbocycles. The minimum Gasteiger partial charge on any atom is -0.338 e. The second-order valence-electron chi connectivity index (χ2n) is 5.66. The quantitative estimate of drug-likeness (QED) is 0.868. The Morgan fingerprint density at radius 3 is 2.80 bits per heavy atom. The molecule has 1 unspecified atom stereocenters. The summed E-state index contributed by atoms with van der Waals surface area (Å²) in [6, 6.07) is 7.73. The summed E-state index contributed by atoms with van der Waals surface area (Å²) in [4.78, 5) is 14.3. The van der Waals surface area contributed by atoms with Gasteiger partial charge in [0.25, 0.3) is 0 Å². The van der Waals surface area contributed by atoms with Gasteiger partial charge in [-0.25, -0.2) is 4.79 Å². The third kappa shape index (κ3) is 4.53. The van der Waals surface area contributed by atoms with Crippen molar-refractivity contribution in [1.29, 1.82) is 0 Å². The van der Waals surface area contributed by atoms with Gasteiger partial charge in [-0.15, -0.1) is 0 Å². The Morgan fingerprint density at radius 1 is 1.35 bits per heavy atom. The van der Waals surface area contributed by atoms with Crippen LogP contribution in [-0.2, 0) is 0 Å². The molecular weight excluding hydrogens is 250 g/mol. The number of rotatable bonds is 5. The van der Waals surface area contributed by atoms with Crippen LogP contribution in [-0.4, -0.2) is 37.1 Å². The molecule has 1 aromatic rings. The zero-order valence-electron chi connectivity index (χ0n) is 12.5. The summed E-state index contributed by atoms with van der Waals surface area (Å²) in [5, 5.41) is 5.84.